The molecule has 0 saturated heterocycles. The van der Waals surface area contributed by atoms with Crippen LogP contribution in [0, 0.1) is 5.92 Å². The minimum Gasteiger partial charge on any atom is -0.345 e. The van der Waals surface area contributed by atoms with Gasteiger partial charge in [-0.1, -0.05) is 51.4 Å². The molecule has 20 heavy (non-hydrogen) atoms. The molecule has 2 aliphatic rings. The first-order valence-corrected chi connectivity index (χ1v) is 8.02. The molecule has 1 aromatic rings. The van der Waals surface area contributed by atoms with E-state index in [0.717, 1.165) is 16.6 Å². The van der Waals surface area contributed by atoms with Crippen molar-refractivity contribution >= 4 is 23.4 Å². The Morgan fingerprint density at radius 2 is 2.00 bits per heavy atom. The molecule has 0 radical (unpaired) electrons. The average Bonchev–Trinajstić information content (AvgIpc) is 2.43. The highest BCUT2D eigenvalue weighted by Crippen LogP contribution is 2.40. The highest BCUT2D eigenvalue weighted by molar-refractivity contribution is 6.30. The average molecular weight is 290 g/mol. The topological polar surface area (TPSA) is 3.24 Å². The number of benzene rings is 1. The molecule has 108 valence electrons. The van der Waals surface area contributed by atoms with Crippen LogP contribution in [-0.4, -0.2) is 10.9 Å². The summed E-state index contributed by atoms with van der Waals surface area (Å²) in [5, 5.41) is 0.783. The summed E-state index contributed by atoms with van der Waals surface area (Å²) < 4.78 is 0. The van der Waals surface area contributed by atoms with E-state index in [0.29, 0.717) is 6.04 Å². The van der Waals surface area contributed by atoms with E-state index in [4.69, 9.17) is 11.6 Å². The number of halogens is 1. The Labute approximate surface area is 127 Å². The van der Waals surface area contributed by atoms with Crippen LogP contribution >= 0.6 is 11.6 Å². The first kappa shape index (κ1) is 15.2. The second kappa shape index (κ2) is 6.49. The molecule has 0 atom stereocenters. The molecule has 0 bridgehead atoms. The van der Waals surface area contributed by atoms with E-state index in [-0.39, 0.29) is 0 Å². The van der Waals surface area contributed by atoms with Crippen molar-refractivity contribution in [3.8, 4) is 0 Å². The van der Waals surface area contributed by atoms with Crippen LogP contribution in [0.1, 0.15) is 51.2 Å². The third-order valence-corrected chi connectivity index (χ3v) is 4.47. The minimum absolute atomic E-state index is 0.630. The summed E-state index contributed by atoms with van der Waals surface area (Å²) in [6, 6.07) is 6.65. The number of rotatable bonds is 2. The largest absolute Gasteiger partial charge is 0.345 e. The van der Waals surface area contributed by atoms with Crippen molar-refractivity contribution in [3.63, 3.8) is 0 Å². The van der Waals surface area contributed by atoms with Gasteiger partial charge in [-0.2, -0.15) is 0 Å². The normalized spacial score (nSPS) is 23.6. The van der Waals surface area contributed by atoms with Gasteiger partial charge in [0, 0.05) is 28.5 Å². The summed E-state index contributed by atoms with van der Waals surface area (Å²) in [7, 11) is 0. The van der Waals surface area contributed by atoms with E-state index in [1.165, 1.54) is 30.4 Å². The van der Waals surface area contributed by atoms with Crippen LogP contribution in [0.25, 0.3) is 11.8 Å². The second-order valence-electron chi connectivity index (χ2n) is 5.30. The number of hydrogen-bond donors (Lipinski definition) is 0. The maximum Gasteiger partial charge on any atom is 0.0415 e. The first-order chi connectivity index (χ1) is 9.69. The number of nitrogens with zero attached hydrogens (tertiary/aromatic N) is 1. The van der Waals surface area contributed by atoms with Gasteiger partial charge in [0.1, 0.15) is 0 Å². The van der Waals surface area contributed by atoms with E-state index in [9.17, 15) is 0 Å². The van der Waals surface area contributed by atoms with Crippen molar-refractivity contribution in [2.75, 3.05) is 0 Å². The van der Waals surface area contributed by atoms with Crippen molar-refractivity contribution in [1.29, 1.82) is 0 Å². The molecule has 0 spiro atoms. The fraction of sp³-hybridized carbons (Fsp3) is 0.444. The Bertz CT molecular complexity index is 512. The lowest BCUT2D eigenvalue weighted by Gasteiger charge is -2.44. The van der Waals surface area contributed by atoms with Gasteiger partial charge < -0.3 is 4.90 Å². The maximum atomic E-state index is 6.08. The molecule has 1 saturated carbocycles. The van der Waals surface area contributed by atoms with Gasteiger partial charge in [-0.15, -0.1) is 0 Å². The number of fused-ring (bicyclic) bond motifs is 1. The number of hydrogen-bond acceptors (Lipinski definition) is 1. The molecule has 2 heteroatoms. The predicted octanol–water partition coefficient (Wildman–Crippen LogP) is 5.81. The van der Waals surface area contributed by atoms with Crippen molar-refractivity contribution < 1.29 is 0 Å². The van der Waals surface area contributed by atoms with Crippen LogP contribution in [0.5, 0.6) is 0 Å². The lowest BCUT2D eigenvalue weighted by atomic mass is 9.77. The molecule has 0 amide bonds. The van der Waals surface area contributed by atoms with Gasteiger partial charge in [0.15, 0.2) is 0 Å². The fourth-order valence-electron chi connectivity index (χ4n) is 2.92. The zero-order valence-electron chi connectivity index (χ0n) is 12.7. The fourth-order valence-corrected chi connectivity index (χ4v) is 3.09. The highest BCUT2D eigenvalue weighted by atomic mass is 35.5. The van der Waals surface area contributed by atoms with Gasteiger partial charge in [-0.3, -0.25) is 0 Å². The summed E-state index contributed by atoms with van der Waals surface area (Å²) in [6.45, 7) is 10.5. The molecule has 0 unspecified atom stereocenters. The summed E-state index contributed by atoms with van der Waals surface area (Å²) in [4.78, 5) is 2.32. The molecule has 1 aliphatic carbocycles. The first-order valence-electron chi connectivity index (χ1n) is 7.64. The molecule has 1 fully saturated rings. The highest BCUT2D eigenvalue weighted by Gasteiger charge is 2.33. The Morgan fingerprint density at radius 1 is 1.30 bits per heavy atom. The molecule has 0 N–H and O–H groups in total. The third-order valence-electron chi connectivity index (χ3n) is 4.23. The standard InChI is InChI=1S/C16H18ClN.C2H6/c1-3-12-8-15(9-12)18-7-6-13-4-5-14(17)10-16(13)11(18)2;1-2/h4-7,10,12,15H,2-3,8-9H2,1H3;1-2H3. The van der Waals surface area contributed by atoms with Crippen molar-refractivity contribution in [1.82, 2.24) is 4.90 Å². The van der Waals surface area contributed by atoms with Crippen molar-refractivity contribution in [2.24, 2.45) is 5.92 Å². The Kier molecular flexibility index (Phi) is 4.93. The zero-order chi connectivity index (χ0) is 14.7. The maximum absolute atomic E-state index is 6.08. The summed E-state index contributed by atoms with van der Waals surface area (Å²) in [5.74, 6) is 0.900. The monoisotopic (exact) mass is 289 g/mol. The van der Waals surface area contributed by atoms with Crippen molar-refractivity contribution in [2.45, 2.75) is 46.1 Å². The lowest BCUT2D eigenvalue weighted by Crippen LogP contribution is -2.41. The van der Waals surface area contributed by atoms with Crippen LogP contribution < -0.4 is 0 Å². The Hall–Kier alpha value is -1.21. The Balaban J connectivity index is 0.000000704. The molecule has 1 heterocycles. The van der Waals surface area contributed by atoms with Gasteiger partial charge in [0.05, 0.1) is 0 Å². The molecular weight excluding hydrogens is 266 g/mol. The predicted molar refractivity (Wildman–Crippen MR) is 89.5 cm³/mol. The molecule has 1 nitrogen and oxygen atoms in total. The third kappa shape index (κ3) is 2.78. The van der Waals surface area contributed by atoms with Gasteiger partial charge in [-0.25, -0.2) is 0 Å². The summed E-state index contributed by atoms with van der Waals surface area (Å²) in [5.41, 5.74) is 3.48. The van der Waals surface area contributed by atoms with Crippen LogP contribution in [0.15, 0.2) is 31.0 Å². The molecule has 1 aromatic carbocycles. The lowest BCUT2D eigenvalue weighted by molar-refractivity contribution is 0.159. The molecule has 3 rings (SSSR count). The zero-order valence-corrected chi connectivity index (χ0v) is 13.5. The smallest absolute Gasteiger partial charge is 0.0415 e. The van der Waals surface area contributed by atoms with Crippen LogP contribution in [0.3, 0.4) is 0 Å². The van der Waals surface area contributed by atoms with Gasteiger partial charge in [0.2, 0.25) is 0 Å². The SMILES string of the molecule is C=C1c2cc(Cl)ccc2C=CN1C1CC(CC)C1.CC. The summed E-state index contributed by atoms with van der Waals surface area (Å²) in [6.07, 6.45) is 8.21. The van der Waals surface area contributed by atoms with Crippen LogP contribution in [0.2, 0.25) is 5.02 Å². The minimum atomic E-state index is 0.630. The summed E-state index contributed by atoms with van der Waals surface area (Å²) >= 11 is 6.08. The quantitative estimate of drug-likeness (QED) is 0.664. The second-order valence-corrected chi connectivity index (χ2v) is 5.74. The van der Waals surface area contributed by atoms with Gasteiger partial charge >= 0.3 is 0 Å². The van der Waals surface area contributed by atoms with E-state index < -0.39 is 0 Å². The van der Waals surface area contributed by atoms with Crippen LogP contribution in [-0.2, 0) is 0 Å². The van der Waals surface area contributed by atoms with Gasteiger partial charge in [0.25, 0.3) is 0 Å². The van der Waals surface area contributed by atoms with E-state index >= 15 is 0 Å². The molecule has 0 aromatic heterocycles. The van der Waals surface area contributed by atoms with E-state index in [1.54, 1.807) is 0 Å². The van der Waals surface area contributed by atoms with E-state index in [1.807, 2.05) is 26.0 Å². The van der Waals surface area contributed by atoms with Crippen LogP contribution in [0.4, 0.5) is 0 Å². The van der Waals surface area contributed by atoms with Crippen molar-refractivity contribution in [3.05, 3.63) is 47.1 Å². The van der Waals surface area contributed by atoms with E-state index in [2.05, 4.69) is 36.7 Å². The van der Waals surface area contributed by atoms with Gasteiger partial charge in [-0.05, 0) is 42.5 Å². The molecular formula is C18H24ClN. The Morgan fingerprint density at radius 3 is 2.65 bits per heavy atom. The molecule has 1 aliphatic heterocycles.